The van der Waals surface area contributed by atoms with Crippen LogP contribution in [0.3, 0.4) is 0 Å². The van der Waals surface area contributed by atoms with Crippen molar-refractivity contribution in [2.24, 2.45) is 0 Å². The van der Waals surface area contributed by atoms with Gasteiger partial charge in [-0.3, -0.25) is 4.79 Å². The third kappa shape index (κ3) is 4.63. The minimum Gasteiger partial charge on any atom is -0.493 e. The summed E-state index contributed by atoms with van der Waals surface area (Å²) in [6, 6.07) is 4.96. The van der Waals surface area contributed by atoms with Crippen molar-refractivity contribution in [1.82, 2.24) is 5.32 Å². The number of amides is 1. The molecule has 1 saturated carbocycles. The zero-order chi connectivity index (χ0) is 17.5. The lowest BCUT2D eigenvalue weighted by Crippen LogP contribution is -2.43. The van der Waals surface area contributed by atoms with Gasteiger partial charge in [0, 0.05) is 6.04 Å². The molecule has 0 bridgehead atoms. The van der Waals surface area contributed by atoms with Crippen molar-refractivity contribution in [3.05, 3.63) is 23.8 Å². The molecule has 6 heteroatoms. The Bertz CT molecular complexity index is 581. The number of hydrogen-bond donors (Lipinski definition) is 1. The Morgan fingerprint density at radius 3 is 2.46 bits per heavy atom. The van der Waals surface area contributed by atoms with Crippen molar-refractivity contribution in [2.75, 3.05) is 14.2 Å². The van der Waals surface area contributed by atoms with Gasteiger partial charge in [-0.25, -0.2) is 4.79 Å². The number of rotatable bonds is 6. The van der Waals surface area contributed by atoms with Gasteiger partial charge in [0.2, 0.25) is 0 Å². The zero-order valence-corrected chi connectivity index (χ0v) is 14.5. The molecule has 0 aliphatic heterocycles. The smallest absolute Gasteiger partial charge is 0.337 e. The fourth-order valence-electron chi connectivity index (χ4n) is 2.82. The molecule has 1 N–H and O–H groups in total. The van der Waals surface area contributed by atoms with Gasteiger partial charge in [0.25, 0.3) is 5.91 Å². The first kappa shape index (κ1) is 18.1. The molecule has 1 aromatic rings. The van der Waals surface area contributed by atoms with E-state index in [9.17, 15) is 9.59 Å². The van der Waals surface area contributed by atoms with Gasteiger partial charge in [0.05, 0.1) is 19.8 Å². The van der Waals surface area contributed by atoms with Crippen LogP contribution in [0.5, 0.6) is 11.5 Å². The summed E-state index contributed by atoms with van der Waals surface area (Å²) in [4.78, 5) is 23.8. The van der Waals surface area contributed by atoms with Gasteiger partial charge in [-0.05, 0) is 38.0 Å². The van der Waals surface area contributed by atoms with Crippen LogP contribution in [0.15, 0.2) is 18.2 Å². The summed E-state index contributed by atoms with van der Waals surface area (Å²) < 4.78 is 15.6. The van der Waals surface area contributed by atoms with E-state index in [2.05, 4.69) is 10.1 Å². The van der Waals surface area contributed by atoms with E-state index in [4.69, 9.17) is 9.47 Å². The summed E-state index contributed by atoms with van der Waals surface area (Å²) in [5, 5.41) is 3.04. The second kappa shape index (κ2) is 8.57. The van der Waals surface area contributed by atoms with Crippen LogP contribution in [-0.4, -0.2) is 38.2 Å². The Kier molecular flexibility index (Phi) is 6.46. The average molecular weight is 335 g/mol. The predicted molar refractivity (Wildman–Crippen MR) is 89.4 cm³/mol. The van der Waals surface area contributed by atoms with Crippen LogP contribution in [-0.2, 0) is 9.53 Å². The third-order valence-corrected chi connectivity index (χ3v) is 4.21. The highest BCUT2D eigenvalue weighted by molar-refractivity contribution is 5.90. The fourth-order valence-corrected chi connectivity index (χ4v) is 2.82. The van der Waals surface area contributed by atoms with Gasteiger partial charge in [0.1, 0.15) is 0 Å². The van der Waals surface area contributed by atoms with E-state index in [1.807, 2.05) is 0 Å². The highest BCUT2D eigenvalue weighted by Crippen LogP contribution is 2.29. The first-order valence-corrected chi connectivity index (χ1v) is 8.28. The van der Waals surface area contributed by atoms with Gasteiger partial charge in [-0.15, -0.1) is 0 Å². The van der Waals surface area contributed by atoms with Crippen molar-refractivity contribution < 1.29 is 23.8 Å². The van der Waals surface area contributed by atoms with E-state index >= 15 is 0 Å². The molecule has 24 heavy (non-hydrogen) atoms. The van der Waals surface area contributed by atoms with Crippen LogP contribution in [0.25, 0.3) is 0 Å². The van der Waals surface area contributed by atoms with Crippen molar-refractivity contribution in [2.45, 2.75) is 51.2 Å². The molecule has 0 unspecified atom stereocenters. The van der Waals surface area contributed by atoms with Gasteiger partial charge < -0.3 is 19.5 Å². The Morgan fingerprint density at radius 2 is 1.83 bits per heavy atom. The van der Waals surface area contributed by atoms with Crippen LogP contribution < -0.4 is 14.8 Å². The minimum atomic E-state index is -0.648. The number of methoxy groups -OCH3 is 2. The molecule has 1 atom stereocenters. The maximum absolute atomic E-state index is 12.3. The molecule has 1 aliphatic rings. The number of carbonyl (C=O) groups is 2. The molecule has 0 radical (unpaired) electrons. The number of benzene rings is 1. The Hall–Kier alpha value is -2.24. The van der Waals surface area contributed by atoms with Gasteiger partial charge in [-0.1, -0.05) is 19.3 Å². The maximum atomic E-state index is 12.3. The lowest BCUT2D eigenvalue weighted by molar-refractivity contribution is -0.128. The summed E-state index contributed by atoms with van der Waals surface area (Å²) in [5.74, 6) is 0.204. The fraction of sp³-hybridized carbons (Fsp3) is 0.556. The monoisotopic (exact) mass is 335 g/mol. The van der Waals surface area contributed by atoms with Crippen molar-refractivity contribution in [3.63, 3.8) is 0 Å². The van der Waals surface area contributed by atoms with E-state index in [0.717, 1.165) is 25.7 Å². The van der Waals surface area contributed by atoms with Gasteiger partial charge in [0.15, 0.2) is 17.6 Å². The minimum absolute atomic E-state index is 0.138. The standard InChI is InChI=1S/C18H25NO5/c1-12(17(20)19-14-7-5-4-6-8-14)24-15-10-9-13(18(21)23-3)11-16(15)22-2/h9-12,14H,4-8H2,1-3H3,(H,19,20)/t12-/m1/s1. The molecular formula is C18H25NO5. The molecule has 132 valence electrons. The molecule has 0 aromatic heterocycles. The first-order chi connectivity index (χ1) is 11.5. The predicted octanol–water partition coefficient (Wildman–Crippen LogP) is 2.70. The first-order valence-electron chi connectivity index (χ1n) is 8.28. The topological polar surface area (TPSA) is 73.9 Å². The Morgan fingerprint density at radius 1 is 1.12 bits per heavy atom. The van der Waals surface area contributed by atoms with Crippen molar-refractivity contribution >= 4 is 11.9 Å². The SMILES string of the molecule is COC(=O)c1ccc(O[C@H](C)C(=O)NC2CCCCC2)c(OC)c1. The van der Waals surface area contributed by atoms with Crippen molar-refractivity contribution in [3.8, 4) is 11.5 Å². The maximum Gasteiger partial charge on any atom is 0.337 e. The van der Waals surface area contributed by atoms with Crippen LogP contribution in [0, 0.1) is 0 Å². The van der Waals surface area contributed by atoms with Crippen LogP contribution in [0.1, 0.15) is 49.4 Å². The zero-order valence-electron chi connectivity index (χ0n) is 14.5. The molecule has 0 saturated heterocycles. The van der Waals surface area contributed by atoms with Gasteiger partial charge in [-0.2, -0.15) is 0 Å². The molecule has 1 aliphatic carbocycles. The highest BCUT2D eigenvalue weighted by Gasteiger charge is 2.22. The molecule has 1 fully saturated rings. The number of ether oxygens (including phenoxy) is 3. The summed E-state index contributed by atoms with van der Waals surface area (Å²) in [7, 11) is 2.80. The van der Waals surface area contributed by atoms with Crippen molar-refractivity contribution in [1.29, 1.82) is 0 Å². The second-order valence-corrected chi connectivity index (χ2v) is 5.96. The van der Waals surface area contributed by atoms with E-state index in [1.54, 1.807) is 19.1 Å². The summed E-state index contributed by atoms with van der Waals surface area (Å²) in [6.45, 7) is 1.70. The normalized spacial score (nSPS) is 16.1. The van der Waals surface area contributed by atoms with Gasteiger partial charge >= 0.3 is 5.97 Å². The molecule has 6 nitrogen and oxygen atoms in total. The molecular weight excluding hydrogens is 310 g/mol. The summed E-state index contributed by atoms with van der Waals surface area (Å²) >= 11 is 0. The number of nitrogens with one attached hydrogen (secondary N) is 1. The molecule has 0 spiro atoms. The lowest BCUT2D eigenvalue weighted by Gasteiger charge is -2.25. The van der Waals surface area contributed by atoms with E-state index in [1.165, 1.54) is 26.7 Å². The largest absolute Gasteiger partial charge is 0.493 e. The Labute approximate surface area is 142 Å². The second-order valence-electron chi connectivity index (χ2n) is 5.96. The van der Waals surface area contributed by atoms with Crippen LogP contribution in [0.4, 0.5) is 0 Å². The lowest BCUT2D eigenvalue weighted by atomic mass is 9.95. The number of hydrogen-bond acceptors (Lipinski definition) is 5. The average Bonchev–Trinajstić information content (AvgIpc) is 2.62. The molecule has 2 rings (SSSR count). The molecule has 0 heterocycles. The van der Waals surface area contributed by atoms with E-state index in [0.29, 0.717) is 17.1 Å². The number of carbonyl (C=O) groups excluding carboxylic acids is 2. The summed E-state index contributed by atoms with van der Waals surface area (Å²) in [5.41, 5.74) is 0.362. The van der Waals surface area contributed by atoms with Crippen LogP contribution >= 0.6 is 0 Å². The number of esters is 1. The van der Waals surface area contributed by atoms with E-state index in [-0.39, 0.29) is 11.9 Å². The highest BCUT2D eigenvalue weighted by atomic mass is 16.5. The third-order valence-electron chi connectivity index (χ3n) is 4.21. The quantitative estimate of drug-likeness (QED) is 0.809. The summed E-state index contributed by atoms with van der Waals surface area (Å²) in [6.07, 6.45) is 4.95. The molecule has 1 amide bonds. The Balaban J connectivity index is 2.00. The molecule has 1 aromatic carbocycles. The van der Waals surface area contributed by atoms with Crippen LogP contribution in [0.2, 0.25) is 0 Å². The van der Waals surface area contributed by atoms with E-state index < -0.39 is 12.1 Å².